The smallest absolute Gasteiger partial charge is 0.266 e. The topological polar surface area (TPSA) is 57.2 Å². The fraction of sp³-hybridized carbons (Fsp3) is 0.273. The summed E-state index contributed by atoms with van der Waals surface area (Å²) in [6.45, 7) is 0.490. The third kappa shape index (κ3) is 4.71. The number of carbonyl (C=O) groups excluding carboxylic acids is 1. The van der Waals surface area contributed by atoms with E-state index in [2.05, 4.69) is 0 Å². The molecular formula is C22H23NO5S2. The first-order valence-electron chi connectivity index (χ1n) is 9.19. The second-order valence-electron chi connectivity index (χ2n) is 6.39. The Balaban J connectivity index is 1.73. The largest absolute Gasteiger partial charge is 0.493 e. The number of hydrogen-bond donors (Lipinski definition) is 0. The molecule has 0 radical (unpaired) electrons. The normalized spacial score (nSPS) is 14.9. The molecule has 0 unspecified atom stereocenters. The summed E-state index contributed by atoms with van der Waals surface area (Å²) in [4.78, 5) is 15.1. The zero-order valence-electron chi connectivity index (χ0n) is 17.3. The molecule has 1 saturated heterocycles. The minimum Gasteiger partial charge on any atom is -0.493 e. The van der Waals surface area contributed by atoms with E-state index in [9.17, 15) is 4.79 Å². The van der Waals surface area contributed by atoms with Gasteiger partial charge in [-0.05, 0) is 47.9 Å². The summed E-state index contributed by atoms with van der Waals surface area (Å²) < 4.78 is 21.8. The SMILES string of the molecule is COc1ccc(C=C2SC(=S)N(CCc3ccc(OC)c(OC)c3)C2=O)cc1OC. The average molecular weight is 446 g/mol. The Kier molecular flexibility index (Phi) is 7.23. The van der Waals surface area contributed by atoms with Crippen LogP contribution in [0.2, 0.25) is 0 Å². The van der Waals surface area contributed by atoms with Crippen molar-refractivity contribution in [3.8, 4) is 23.0 Å². The molecule has 0 atom stereocenters. The van der Waals surface area contributed by atoms with Crippen LogP contribution < -0.4 is 18.9 Å². The van der Waals surface area contributed by atoms with E-state index >= 15 is 0 Å². The van der Waals surface area contributed by atoms with Crippen LogP contribution >= 0.6 is 24.0 Å². The molecule has 1 heterocycles. The third-order valence-electron chi connectivity index (χ3n) is 4.65. The monoisotopic (exact) mass is 445 g/mol. The minimum atomic E-state index is -0.0970. The number of thiocarbonyl (C=S) groups is 1. The molecule has 158 valence electrons. The van der Waals surface area contributed by atoms with Gasteiger partial charge in [-0.25, -0.2) is 0 Å². The number of rotatable bonds is 8. The lowest BCUT2D eigenvalue weighted by Gasteiger charge is -2.15. The second kappa shape index (κ2) is 9.86. The van der Waals surface area contributed by atoms with Crippen LogP contribution in [0.1, 0.15) is 11.1 Å². The molecule has 0 aromatic heterocycles. The Morgan fingerprint density at radius 3 is 2.13 bits per heavy atom. The molecule has 30 heavy (non-hydrogen) atoms. The molecule has 6 nitrogen and oxygen atoms in total. The number of methoxy groups -OCH3 is 4. The van der Waals surface area contributed by atoms with Crippen LogP contribution in [0.5, 0.6) is 23.0 Å². The molecule has 0 bridgehead atoms. The van der Waals surface area contributed by atoms with Gasteiger partial charge in [-0.2, -0.15) is 0 Å². The molecule has 0 N–H and O–H groups in total. The van der Waals surface area contributed by atoms with Gasteiger partial charge in [-0.3, -0.25) is 9.69 Å². The number of carbonyl (C=O) groups is 1. The van der Waals surface area contributed by atoms with Gasteiger partial charge in [0.25, 0.3) is 5.91 Å². The maximum absolute atomic E-state index is 12.9. The maximum atomic E-state index is 12.9. The highest BCUT2D eigenvalue weighted by molar-refractivity contribution is 8.26. The Labute approximate surface area is 185 Å². The lowest BCUT2D eigenvalue weighted by atomic mass is 10.1. The van der Waals surface area contributed by atoms with E-state index in [0.717, 1.165) is 11.1 Å². The van der Waals surface area contributed by atoms with Gasteiger partial charge in [-0.15, -0.1) is 0 Å². The van der Waals surface area contributed by atoms with E-state index < -0.39 is 0 Å². The van der Waals surface area contributed by atoms with Gasteiger partial charge in [0.15, 0.2) is 23.0 Å². The summed E-state index contributed by atoms with van der Waals surface area (Å²) in [5, 5.41) is 0. The van der Waals surface area contributed by atoms with Crippen molar-refractivity contribution in [2.45, 2.75) is 6.42 Å². The first-order valence-corrected chi connectivity index (χ1v) is 10.4. The first kappa shape index (κ1) is 22.0. The molecule has 8 heteroatoms. The van der Waals surface area contributed by atoms with E-state index in [-0.39, 0.29) is 5.91 Å². The van der Waals surface area contributed by atoms with Crippen molar-refractivity contribution in [1.29, 1.82) is 0 Å². The van der Waals surface area contributed by atoms with Crippen LogP contribution in [0.15, 0.2) is 41.3 Å². The number of thioether (sulfide) groups is 1. The molecule has 2 aromatic rings. The van der Waals surface area contributed by atoms with E-state index in [1.54, 1.807) is 33.3 Å². The van der Waals surface area contributed by atoms with Crippen LogP contribution in [0.4, 0.5) is 0 Å². The summed E-state index contributed by atoms with van der Waals surface area (Å²) in [6.07, 6.45) is 2.47. The molecule has 1 aliphatic rings. The van der Waals surface area contributed by atoms with Gasteiger partial charge in [0.1, 0.15) is 4.32 Å². The number of hydrogen-bond acceptors (Lipinski definition) is 7. The van der Waals surface area contributed by atoms with Crippen molar-refractivity contribution < 1.29 is 23.7 Å². The van der Waals surface area contributed by atoms with E-state index in [1.165, 1.54) is 11.8 Å². The fourth-order valence-corrected chi connectivity index (χ4v) is 4.37. The number of amides is 1. The van der Waals surface area contributed by atoms with Crippen molar-refractivity contribution in [3.05, 3.63) is 52.4 Å². The Bertz CT molecular complexity index is 989. The fourth-order valence-electron chi connectivity index (χ4n) is 3.06. The average Bonchev–Trinajstić information content (AvgIpc) is 3.04. The standard InChI is InChI=1S/C22H23NO5S2/c1-25-16-7-5-14(11-18(16)27-3)9-10-23-21(24)20(30-22(23)29)13-15-6-8-17(26-2)19(12-15)28-4/h5-8,11-13H,9-10H2,1-4H3. The van der Waals surface area contributed by atoms with E-state index in [1.807, 2.05) is 42.5 Å². The van der Waals surface area contributed by atoms with Gasteiger partial charge in [0, 0.05) is 6.54 Å². The van der Waals surface area contributed by atoms with E-state index in [0.29, 0.717) is 45.2 Å². The zero-order valence-corrected chi connectivity index (χ0v) is 18.9. The minimum absolute atomic E-state index is 0.0970. The second-order valence-corrected chi connectivity index (χ2v) is 8.06. The predicted octanol–water partition coefficient (Wildman–Crippen LogP) is 4.16. The molecule has 0 spiro atoms. The van der Waals surface area contributed by atoms with Crippen LogP contribution in [-0.2, 0) is 11.2 Å². The molecule has 1 fully saturated rings. The van der Waals surface area contributed by atoms with Gasteiger partial charge in [0.2, 0.25) is 0 Å². The van der Waals surface area contributed by atoms with Gasteiger partial charge in [0.05, 0.1) is 33.3 Å². The Morgan fingerprint density at radius 1 is 0.900 bits per heavy atom. The van der Waals surface area contributed by atoms with Crippen molar-refractivity contribution in [2.24, 2.45) is 0 Å². The lowest BCUT2D eigenvalue weighted by molar-refractivity contribution is -0.122. The number of ether oxygens (including phenoxy) is 4. The highest BCUT2D eigenvalue weighted by Gasteiger charge is 2.31. The van der Waals surface area contributed by atoms with Crippen molar-refractivity contribution >= 4 is 40.3 Å². The van der Waals surface area contributed by atoms with Crippen molar-refractivity contribution in [2.75, 3.05) is 35.0 Å². The predicted molar refractivity (Wildman–Crippen MR) is 123 cm³/mol. The van der Waals surface area contributed by atoms with Gasteiger partial charge in [-0.1, -0.05) is 36.1 Å². The van der Waals surface area contributed by atoms with Crippen LogP contribution in [0.3, 0.4) is 0 Å². The maximum Gasteiger partial charge on any atom is 0.266 e. The number of benzene rings is 2. The summed E-state index contributed by atoms with van der Waals surface area (Å²) in [5.74, 6) is 2.48. The molecular weight excluding hydrogens is 422 g/mol. The molecule has 1 aliphatic heterocycles. The van der Waals surface area contributed by atoms with Crippen molar-refractivity contribution in [3.63, 3.8) is 0 Å². The molecule has 1 amide bonds. The first-order chi connectivity index (χ1) is 14.5. The number of nitrogens with zero attached hydrogens (tertiary/aromatic N) is 1. The molecule has 2 aromatic carbocycles. The molecule has 3 rings (SSSR count). The summed E-state index contributed by atoms with van der Waals surface area (Å²) in [5.41, 5.74) is 1.87. The van der Waals surface area contributed by atoms with Gasteiger partial charge >= 0.3 is 0 Å². The Morgan fingerprint density at radius 2 is 1.50 bits per heavy atom. The summed E-state index contributed by atoms with van der Waals surface area (Å²) >= 11 is 6.74. The zero-order chi connectivity index (χ0) is 21.7. The lowest BCUT2D eigenvalue weighted by Crippen LogP contribution is -2.30. The summed E-state index contributed by atoms with van der Waals surface area (Å²) in [6, 6.07) is 11.2. The highest BCUT2D eigenvalue weighted by Crippen LogP contribution is 2.35. The quantitative estimate of drug-likeness (QED) is 0.447. The highest BCUT2D eigenvalue weighted by atomic mass is 32.2. The third-order valence-corrected chi connectivity index (χ3v) is 6.03. The van der Waals surface area contributed by atoms with Crippen LogP contribution in [-0.4, -0.2) is 50.1 Å². The van der Waals surface area contributed by atoms with Crippen LogP contribution in [0, 0.1) is 0 Å². The summed E-state index contributed by atoms with van der Waals surface area (Å²) in [7, 11) is 6.36. The molecule has 0 saturated carbocycles. The Hall–Kier alpha value is -2.71. The van der Waals surface area contributed by atoms with Gasteiger partial charge < -0.3 is 18.9 Å². The molecule has 0 aliphatic carbocycles. The van der Waals surface area contributed by atoms with E-state index in [4.69, 9.17) is 31.2 Å². The van der Waals surface area contributed by atoms with Crippen molar-refractivity contribution in [1.82, 2.24) is 4.90 Å². The van der Waals surface area contributed by atoms with Crippen LogP contribution in [0.25, 0.3) is 6.08 Å².